The normalized spacial score (nSPS) is 13.7. The van der Waals surface area contributed by atoms with Crippen LogP contribution >= 0.6 is 11.8 Å². The molecule has 0 fully saturated rings. The van der Waals surface area contributed by atoms with Gasteiger partial charge >= 0.3 is 0 Å². The van der Waals surface area contributed by atoms with Gasteiger partial charge in [0.2, 0.25) is 0 Å². The molecule has 0 aliphatic rings. The van der Waals surface area contributed by atoms with Gasteiger partial charge in [0.15, 0.2) is 0 Å². The zero-order chi connectivity index (χ0) is 11.5. The van der Waals surface area contributed by atoms with E-state index >= 15 is 0 Å². The number of anilines is 1. The monoisotopic (exact) mass is 225 g/mol. The summed E-state index contributed by atoms with van der Waals surface area (Å²) >= 11 is 1.70. The van der Waals surface area contributed by atoms with Crippen molar-refractivity contribution in [2.75, 3.05) is 11.6 Å². The minimum absolute atomic E-state index is 0.0193. The van der Waals surface area contributed by atoms with Crippen molar-refractivity contribution in [3.05, 3.63) is 24.3 Å². The molecule has 1 rings (SSSR count). The van der Waals surface area contributed by atoms with Crippen molar-refractivity contribution in [3.63, 3.8) is 0 Å². The molecule has 1 atom stereocenters. The smallest absolute Gasteiger partial charge is 0.0789 e. The van der Waals surface area contributed by atoms with E-state index in [1.807, 2.05) is 39.0 Å². The number of benzene rings is 1. The Morgan fingerprint density at radius 1 is 1.33 bits per heavy atom. The van der Waals surface area contributed by atoms with Crippen molar-refractivity contribution >= 4 is 17.4 Å². The quantitative estimate of drug-likeness (QED) is 0.773. The van der Waals surface area contributed by atoms with Crippen molar-refractivity contribution < 1.29 is 5.11 Å². The predicted octanol–water partition coefficient (Wildman–Crippen LogP) is 2.98. The molecule has 0 radical (unpaired) electrons. The van der Waals surface area contributed by atoms with Crippen LogP contribution in [0.4, 0.5) is 5.69 Å². The van der Waals surface area contributed by atoms with E-state index in [0.717, 1.165) is 5.69 Å². The molecule has 1 aromatic rings. The molecule has 0 bridgehead atoms. The molecule has 0 aliphatic heterocycles. The Hall–Kier alpha value is -0.670. The van der Waals surface area contributed by atoms with Gasteiger partial charge in [-0.3, -0.25) is 0 Å². The summed E-state index contributed by atoms with van der Waals surface area (Å²) < 4.78 is 0. The second-order valence-electron chi connectivity index (χ2n) is 4.22. The van der Waals surface area contributed by atoms with Crippen molar-refractivity contribution in [3.8, 4) is 0 Å². The largest absolute Gasteiger partial charge is 0.388 e. The molecule has 0 saturated carbocycles. The fourth-order valence-corrected chi connectivity index (χ4v) is 1.74. The topological polar surface area (TPSA) is 32.3 Å². The molecule has 0 spiro atoms. The van der Waals surface area contributed by atoms with Crippen LogP contribution in [0.15, 0.2) is 29.2 Å². The van der Waals surface area contributed by atoms with E-state index in [-0.39, 0.29) is 6.04 Å². The number of nitrogens with one attached hydrogen (secondary N) is 1. The first-order chi connectivity index (χ1) is 6.95. The van der Waals surface area contributed by atoms with Gasteiger partial charge in [0, 0.05) is 10.6 Å². The van der Waals surface area contributed by atoms with Gasteiger partial charge in [-0.1, -0.05) is 12.1 Å². The van der Waals surface area contributed by atoms with Gasteiger partial charge in [0.05, 0.1) is 11.6 Å². The Labute approximate surface area is 96.1 Å². The van der Waals surface area contributed by atoms with Crippen LogP contribution in [0.3, 0.4) is 0 Å². The van der Waals surface area contributed by atoms with Gasteiger partial charge in [-0.15, -0.1) is 11.8 Å². The molecule has 15 heavy (non-hydrogen) atoms. The zero-order valence-corrected chi connectivity index (χ0v) is 10.6. The molecule has 1 unspecified atom stereocenters. The molecule has 1 aromatic carbocycles. The zero-order valence-electron chi connectivity index (χ0n) is 9.74. The van der Waals surface area contributed by atoms with Crippen molar-refractivity contribution in [1.29, 1.82) is 0 Å². The van der Waals surface area contributed by atoms with Crippen LogP contribution in [-0.2, 0) is 0 Å². The molecule has 0 heterocycles. The SMILES string of the molecule is CSc1ccccc1NC(C)C(C)(C)O. The fraction of sp³-hybridized carbons (Fsp3) is 0.500. The first-order valence-corrected chi connectivity index (χ1v) is 6.29. The number of hydrogen-bond donors (Lipinski definition) is 2. The van der Waals surface area contributed by atoms with Crippen LogP contribution in [0.25, 0.3) is 0 Å². The van der Waals surface area contributed by atoms with Gasteiger partial charge in [0.25, 0.3) is 0 Å². The summed E-state index contributed by atoms with van der Waals surface area (Å²) in [4.78, 5) is 1.20. The molecule has 3 heteroatoms. The summed E-state index contributed by atoms with van der Waals surface area (Å²) in [5.74, 6) is 0. The lowest BCUT2D eigenvalue weighted by Crippen LogP contribution is -2.39. The third-order valence-corrected chi connectivity index (χ3v) is 3.33. The van der Waals surface area contributed by atoms with E-state index in [9.17, 15) is 5.11 Å². The van der Waals surface area contributed by atoms with E-state index in [2.05, 4.69) is 17.6 Å². The first-order valence-electron chi connectivity index (χ1n) is 5.07. The lowest BCUT2D eigenvalue weighted by Gasteiger charge is -2.28. The number of hydrogen-bond acceptors (Lipinski definition) is 3. The molecule has 0 saturated heterocycles. The predicted molar refractivity (Wildman–Crippen MR) is 67.6 cm³/mol. The fourth-order valence-electron chi connectivity index (χ4n) is 1.17. The van der Waals surface area contributed by atoms with Gasteiger partial charge in [-0.2, -0.15) is 0 Å². The molecular formula is C12H19NOS. The van der Waals surface area contributed by atoms with Crippen LogP contribution in [-0.4, -0.2) is 23.0 Å². The van der Waals surface area contributed by atoms with Crippen LogP contribution in [0.2, 0.25) is 0 Å². The number of rotatable bonds is 4. The molecular weight excluding hydrogens is 206 g/mol. The highest BCUT2D eigenvalue weighted by Crippen LogP contribution is 2.26. The summed E-state index contributed by atoms with van der Waals surface area (Å²) in [6.45, 7) is 5.61. The van der Waals surface area contributed by atoms with Gasteiger partial charge in [0.1, 0.15) is 0 Å². The van der Waals surface area contributed by atoms with E-state index in [0.29, 0.717) is 0 Å². The summed E-state index contributed by atoms with van der Waals surface area (Å²) in [6.07, 6.45) is 2.05. The Morgan fingerprint density at radius 3 is 2.47 bits per heavy atom. The number of para-hydroxylation sites is 1. The Bertz CT molecular complexity index is 320. The third kappa shape index (κ3) is 3.43. The molecule has 84 valence electrons. The maximum Gasteiger partial charge on any atom is 0.0789 e. The molecule has 2 N–H and O–H groups in total. The van der Waals surface area contributed by atoms with Crippen LogP contribution in [0, 0.1) is 0 Å². The second kappa shape index (κ2) is 4.90. The van der Waals surface area contributed by atoms with Gasteiger partial charge < -0.3 is 10.4 Å². The molecule has 0 aliphatic carbocycles. The Balaban J connectivity index is 2.80. The number of thioether (sulfide) groups is 1. The van der Waals surface area contributed by atoms with Crippen LogP contribution in [0.5, 0.6) is 0 Å². The highest BCUT2D eigenvalue weighted by molar-refractivity contribution is 7.98. The standard InChI is InChI=1S/C12H19NOS/c1-9(12(2,3)14)13-10-7-5-6-8-11(10)15-4/h5-9,13-14H,1-4H3. The minimum atomic E-state index is -0.717. The summed E-state index contributed by atoms with van der Waals surface area (Å²) in [5.41, 5.74) is 0.366. The van der Waals surface area contributed by atoms with E-state index in [1.165, 1.54) is 4.90 Å². The maximum absolute atomic E-state index is 9.84. The van der Waals surface area contributed by atoms with Crippen molar-refractivity contribution in [1.82, 2.24) is 0 Å². The van der Waals surface area contributed by atoms with Crippen LogP contribution in [0.1, 0.15) is 20.8 Å². The third-order valence-electron chi connectivity index (χ3n) is 2.54. The summed E-state index contributed by atoms with van der Waals surface area (Å²) in [7, 11) is 0. The Kier molecular flexibility index (Phi) is 4.05. The number of aliphatic hydroxyl groups is 1. The Morgan fingerprint density at radius 2 is 1.93 bits per heavy atom. The van der Waals surface area contributed by atoms with Crippen LogP contribution < -0.4 is 5.32 Å². The molecule has 0 aromatic heterocycles. The van der Waals surface area contributed by atoms with Crippen molar-refractivity contribution in [2.45, 2.75) is 37.3 Å². The van der Waals surface area contributed by atoms with Gasteiger partial charge in [-0.25, -0.2) is 0 Å². The van der Waals surface area contributed by atoms with E-state index in [4.69, 9.17) is 0 Å². The molecule has 2 nitrogen and oxygen atoms in total. The van der Waals surface area contributed by atoms with Crippen molar-refractivity contribution in [2.24, 2.45) is 0 Å². The lowest BCUT2D eigenvalue weighted by molar-refractivity contribution is 0.0648. The lowest BCUT2D eigenvalue weighted by atomic mass is 10.0. The first kappa shape index (κ1) is 12.4. The summed E-state index contributed by atoms with van der Waals surface area (Å²) in [6, 6.07) is 8.15. The second-order valence-corrected chi connectivity index (χ2v) is 5.07. The average Bonchev–Trinajstić information content (AvgIpc) is 2.17. The van der Waals surface area contributed by atoms with E-state index < -0.39 is 5.60 Å². The molecule has 0 amide bonds. The van der Waals surface area contributed by atoms with Gasteiger partial charge in [-0.05, 0) is 39.2 Å². The maximum atomic E-state index is 9.84. The summed E-state index contributed by atoms with van der Waals surface area (Å²) in [5, 5.41) is 13.2. The van der Waals surface area contributed by atoms with E-state index in [1.54, 1.807) is 11.8 Å². The minimum Gasteiger partial charge on any atom is -0.388 e. The average molecular weight is 225 g/mol. The highest BCUT2D eigenvalue weighted by Gasteiger charge is 2.22. The highest BCUT2D eigenvalue weighted by atomic mass is 32.2.